The number of nitriles is 1. The molecule has 2 aliphatic rings. The number of hydrogen-bond acceptors (Lipinski definition) is 5. The lowest BCUT2D eigenvalue weighted by Gasteiger charge is -2.27. The van der Waals surface area contributed by atoms with Gasteiger partial charge in [-0.05, 0) is 42.3 Å². The highest BCUT2D eigenvalue weighted by atomic mass is 35.5. The summed E-state index contributed by atoms with van der Waals surface area (Å²) in [5, 5.41) is 22.1. The summed E-state index contributed by atoms with van der Waals surface area (Å²) in [6.45, 7) is 2.10. The van der Waals surface area contributed by atoms with Gasteiger partial charge >= 0.3 is 5.97 Å². The lowest BCUT2D eigenvalue weighted by molar-refractivity contribution is -0.136. The molecule has 0 amide bonds. The predicted molar refractivity (Wildman–Crippen MR) is 109 cm³/mol. The summed E-state index contributed by atoms with van der Waals surface area (Å²) in [5.41, 5.74) is 5.73. The van der Waals surface area contributed by atoms with Crippen molar-refractivity contribution >= 4 is 34.2 Å². The zero-order valence-electron chi connectivity index (χ0n) is 15.4. The summed E-state index contributed by atoms with van der Waals surface area (Å²) in [4.78, 5) is 12.5. The van der Waals surface area contributed by atoms with Gasteiger partial charge < -0.3 is 10.1 Å². The van der Waals surface area contributed by atoms with Gasteiger partial charge in [-0.15, -0.1) is 0 Å². The Morgan fingerprint density at radius 1 is 1.24 bits per heavy atom. The molecule has 3 heterocycles. The van der Waals surface area contributed by atoms with Gasteiger partial charge in [0.1, 0.15) is 6.61 Å². The molecule has 142 valence electrons. The molecule has 2 aliphatic heterocycles. The molecule has 1 aromatic heterocycles. The third-order valence-electron chi connectivity index (χ3n) is 5.37. The lowest BCUT2D eigenvalue weighted by atomic mass is 9.80. The number of halogens is 1. The van der Waals surface area contributed by atoms with Gasteiger partial charge in [0, 0.05) is 16.1 Å². The molecule has 2 N–H and O–H groups in total. The minimum atomic E-state index is -0.518. The van der Waals surface area contributed by atoms with Crippen LogP contribution in [-0.4, -0.2) is 22.8 Å². The van der Waals surface area contributed by atoms with E-state index in [2.05, 4.69) is 21.6 Å². The van der Waals surface area contributed by atoms with Crippen LogP contribution >= 0.6 is 11.6 Å². The Kier molecular flexibility index (Phi) is 3.93. The molecular weight excluding hydrogens is 388 g/mol. The molecule has 0 fully saturated rings. The molecule has 0 saturated carbocycles. The Hall–Kier alpha value is -3.56. The smallest absolute Gasteiger partial charge is 0.337 e. The van der Waals surface area contributed by atoms with Crippen molar-refractivity contribution in [2.24, 2.45) is 0 Å². The molecule has 1 atom stereocenters. The Morgan fingerprint density at radius 3 is 2.79 bits per heavy atom. The maximum Gasteiger partial charge on any atom is 0.337 e. The number of allylic oxidation sites excluding steroid dienone is 1. The molecule has 0 aliphatic carbocycles. The Balaban J connectivity index is 1.74. The molecule has 0 saturated heterocycles. The first kappa shape index (κ1) is 17.5. The van der Waals surface area contributed by atoms with Crippen LogP contribution in [0.25, 0.3) is 16.6 Å². The highest BCUT2D eigenvalue weighted by Crippen LogP contribution is 2.43. The van der Waals surface area contributed by atoms with E-state index in [0.717, 1.165) is 27.7 Å². The van der Waals surface area contributed by atoms with Crippen LogP contribution in [0.1, 0.15) is 22.7 Å². The number of esters is 1. The number of nitrogens with one attached hydrogen (secondary N) is 2. The number of benzene rings is 2. The topological polar surface area (TPSA) is 90.8 Å². The largest absolute Gasteiger partial charge is 0.456 e. The monoisotopic (exact) mass is 402 g/mol. The SMILES string of the molecule is Cc1[nH]nc2ccc(C3C(C#N)=C(c4ccc(Cl)cc4)NC4=C3C(=O)OC4)cc12. The summed E-state index contributed by atoms with van der Waals surface area (Å²) < 4.78 is 5.29. The van der Waals surface area contributed by atoms with E-state index in [4.69, 9.17) is 16.3 Å². The number of nitrogens with zero attached hydrogens (tertiary/aromatic N) is 2. The maximum atomic E-state index is 12.5. The summed E-state index contributed by atoms with van der Waals surface area (Å²) in [7, 11) is 0. The van der Waals surface area contributed by atoms with Crippen molar-refractivity contribution in [3.8, 4) is 6.07 Å². The van der Waals surface area contributed by atoms with Gasteiger partial charge in [0.15, 0.2) is 0 Å². The number of ether oxygens (including phenoxy) is 1. The van der Waals surface area contributed by atoms with Gasteiger partial charge in [-0.3, -0.25) is 5.10 Å². The fourth-order valence-corrected chi connectivity index (χ4v) is 4.08. The van der Waals surface area contributed by atoms with E-state index in [9.17, 15) is 10.1 Å². The van der Waals surface area contributed by atoms with Crippen LogP contribution in [-0.2, 0) is 9.53 Å². The van der Waals surface area contributed by atoms with Crippen molar-refractivity contribution in [1.82, 2.24) is 15.5 Å². The van der Waals surface area contributed by atoms with Crippen LogP contribution in [0.2, 0.25) is 5.02 Å². The van der Waals surface area contributed by atoms with E-state index < -0.39 is 11.9 Å². The number of hydrogen-bond donors (Lipinski definition) is 2. The minimum absolute atomic E-state index is 0.160. The zero-order chi connectivity index (χ0) is 20.1. The molecule has 5 rings (SSSR count). The number of aromatic amines is 1. The van der Waals surface area contributed by atoms with E-state index in [-0.39, 0.29) is 6.61 Å². The molecule has 6 nitrogen and oxygen atoms in total. The Labute approximate surface area is 171 Å². The summed E-state index contributed by atoms with van der Waals surface area (Å²) in [6, 6.07) is 15.4. The van der Waals surface area contributed by atoms with Crippen LogP contribution in [0.4, 0.5) is 0 Å². The highest BCUT2D eigenvalue weighted by Gasteiger charge is 2.40. The first-order chi connectivity index (χ1) is 14.1. The lowest BCUT2D eigenvalue weighted by Crippen LogP contribution is -2.26. The molecule has 0 spiro atoms. The number of carbonyl (C=O) groups excluding carboxylic acids is 1. The molecule has 0 bridgehead atoms. The van der Waals surface area contributed by atoms with Gasteiger partial charge in [0.25, 0.3) is 0 Å². The van der Waals surface area contributed by atoms with Crippen molar-refractivity contribution in [3.05, 3.63) is 81.2 Å². The Bertz CT molecular complexity index is 1280. The normalized spacial score (nSPS) is 18.5. The van der Waals surface area contributed by atoms with E-state index in [1.54, 1.807) is 12.1 Å². The second kappa shape index (κ2) is 6.50. The van der Waals surface area contributed by atoms with Crippen molar-refractivity contribution in [3.63, 3.8) is 0 Å². The van der Waals surface area contributed by atoms with Gasteiger partial charge in [0.2, 0.25) is 0 Å². The van der Waals surface area contributed by atoms with E-state index in [1.165, 1.54) is 0 Å². The number of fused-ring (bicyclic) bond motifs is 1. The number of carbonyl (C=O) groups is 1. The van der Waals surface area contributed by atoms with Gasteiger partial charge in [-0.25, -0.2) is 4.79 Å². The second-order valence-electron chi connectivity index (χ2n) is 7.06. The first-order valence-corrected chi connectivity index (χ1v) is 9.46. The highest BCUT2D eigenvalue weighted by molar-refractivity contribution is 6.30. The number of aromatic nitrogens is 2. The third kappa shape index (κ3) is 2.71. The first-order valence-electron chi connectivity index (χ1n) is 9.09. The van der Waals surface area contributed by atoms with Crippen LogP contribution in [0.15, 0.2) is 59.3 Å². The Morgan fingerprint density at radius 2 is 2.03 bits per heavy atom. The summed E-state index contributed by atoms with van der Waals surface area (Å²) in [5.74, 6) is -0.917. The summed E-state index contributed by atoms with van der Waals surface area (Å²) >= 11 is 6.03. The number of H-pyrrole nitrogens is 1. The van der Waals surface area contributed by atoms with Crippen LogP contribution in [0.3, 0.4) is 0 Å². The second-order valence-corrected chi connectivity index (χ2v) is 7.50. The molecule has 7 heteroatoms. The van der Waals surface area contributed by atoms with E-state index >= 15 is 0 Å². The number of dihydropyridines is 1. The van der Waals surface area contributed by atoms with Crippen molar-refractivity contribution < 1.29 is 9.53 Å². The van der Waals surface area contributed by atoms with E-state index in [1.807, 2.05) is 37.3 Å². The number of cyclic esters (lactones) is 1. The molecule has 1 unspecified atom stereocenters. The van der Waals surface area contributed by atoms with Crippen LogP contribution in [0, 0.1) is 18.3 Å². The molecule has 2 aromatic carbocycles. The van der Waals surface area contributed by atoms with E-state index in [0.29, 0.717) is 27.6 Å². The van der Waals surface area contributed by atoms with Crippen molar-refractivity contribution in [2.75, 3.05) is 6.61 Å². The zero-order valence-corrected chi connectivity index (χ0v) is 16.2. The predicted octanol–water partition coefficient (Wildman–Crippen LogP) is 3.96. The van der Waals surface area contributed by atoms with Gasteiger partial charge in [-0.1, -0.05) is 29.8 Å². The van der Waals surface area contributed by atoms with Crippen molar-refractivity contribution in [2.45, 2.75) is 12.8 Å². The van der Waals surface area contributed by atoms with Gasteiger partial charge in [-0.2, -0.15) is 10.4 Å². The summed E-state index contributed by atoms with van der Waals surface area (Å²) in [6.07, 6.45) is 0. The minimum Gasteiger partial charge on any atom is -0.456 e. The number of rotatable bonds is 2. The molecule has 29 heavy (non-hydrogen) atoms. The molecule has 0 radical (unpaired) electrons. The van der Waals surface area contributed by atoms with Crippen LogP contribution < -0.4 is 5.32 Å². The average molecular weight is 403 g/mol. The average Bonchev–Trinajstić information content (AvgIpc) is 3.29. The van der Waals surface area contributed by atoms with Crippen molar-refractivity contribution in [1.29, 1.82) is 5.26 Å². The standard InChI is InChI=1S/C22H15ClN4O2/c1-11-15-8-13(4-7-17(15)27-26-11)19-16(9-24)21(12-2-5-14(23)6-3-12)25-18-10-29-22(28)20(18)19/h2-8,19,25H,10H2,1H3,(H,26,27). The fourth-order valence-electron chi connectivity index (χ4n) is 3.95. The quantitative estimate of drug-likeness (QED) is 0.633. The molecular formula is C22H15ClN4O2. The third-order valence-corrected chi connectivity index (χ3v) is 5.62. The van der Waals surface area contributed by atoms with Crippen LogP contribution in [0.5, 0.6) is 0 Å². The molecule has 3 aromatic rings. The van der Waals surface area contributed by atoms with Gasteiger partial charge in [0.05, 0.1) is 40.0 Å². The number of aryl methyl sites for hydroxylation is 1. The fraction of sp³-hybridized carbons (Fsp3) is 0.136. The maximum absolute atomic E-state index is 12.5.